The average molecular weight is 618 g/mol. The molecule has 0 saturated carbocycles. The SMILES string of the molecule is Br.CCCCCCCCCCCCOc1ccc(CN(C(=O)CC)c2ccc(CN3C=C(C)SC3)cc2)cc1. The first kappa shape index (κ1) is 33.3. The standard InChI is InChI=1S/C33H48N2O2S.BrH/c1-4-6-7-8-9-10-11-12-13-14-23-37-32-21-17-30(18-22-32)26-35(33(36)5-2)31-19-15-29(16-20-31)25-34-24-28(3)38-27-34;/h15-22,24H,4-14,23,25-27H2,1-3H3;1H. The van der Waals surface area contributed by atoms with Crippen molar-refractivity contribution in [3.8, 4) is 5.75 Å². The number of allylic oxidation sites excluding steroid dienone is 1. The highest BCUT2D eigenvalue weighted by atomic mass is 79.9. The Morgan fingerprint density at radius 3 is 2.00 bits per heavy atom. The fourth-order valence-electron chi connectivity index (χ4n) is 4.79. The monoisotopic (exact) mass is 616 g/mol. The van der Waals surface area contributed by atoms with Crippen LogP contribution in [0.5, 0.6) is 5.75 Å². The average Bonchev–Trinajstić information content (AvgIpc) is 3.35. The van der Waals surface area contributed by atoms with Crippen molar-refractivity contribution in [1.29, 1.82) is 0 Å². The zero-order valence-electron chi connectivity index (χ0n) is 24.3. The van der Waals surface area contributed by atoms with Crippen molar-refractivity contribution in [2.45, 2.75) is 104 Å². The fraction of sp³-hybridized carbons (Fsp3) is 0.545. The number of ether oxygens (including phenoxy) is 1. The third-order valence-corrected chi connectivity index (χ3v) is 8.11. The number of unbranched alkanes of at least 4 members (excludes halogenated alkanes) is 9. The van der Waals surface area contributed by atoms with E-state index in [1.165, 1.54) is 68.3 Å². The van der Waals surface area contributed by atoms with E-state index in [4.69, 9.17) is 4.74 Å². The molecule has 0 spiro atoms. The van der Waals surface area contributed by atoms with Gasteiger partial charge in [0.25, 0.3) is 0 Å². The zero-order valence-corrected chi connectivity index (χ0v) is 26.9. The molecule has 1 heterocycles. The van der Waals surface area contributed by atoms with Gasteiger partial charge in [0.1, 0.15) is 5.75 Å². The van der Waals surface area contributed by atoms with Gasteiger partial charge in [0.15, 0.2) is 0 Å². The van der Waals surface area contributed by atoms with Gasteiger partial charge < -0.3 is 14.5 Å². The normalized spacial score (nSPS) is 12.7. The molecule has 1 aliphatic rings. The van der Waals surface area contributed by atoms with Crippen LogP contribution in [0.1, 0.15) is 103 Å². The largest absolute Gasteiger partial charge is 0.494 e. The number of hydrogen-bond donors (Lipinski definition) is 0. The van der Waals surface area contributed by atoms with E-state index in [2.05, 4.69) is 61.3 Å². The second-order valence-corrected chi connectivity index (χ2v) is 11.6. The maximum Gasteiger partial charge on any atom is 0.227 e. The van der Waals surface area contributed by atoms with E-state index in [0.717, 1.165) is 42.4 Å². The van der Waals surface area contributed by atoms with Crippen molar-refractivity contribution in [3.05, 3.63) is 70.8 Å². The fourth-order valence-corrected chi connectivity index (χ4v) is 5.55. The smallest absolute Gasteiger partial charge is 0.227 e. The van der Waals surface area contributed by atoms with Crippen molar-refractivity contribution in [2.75, 3.05) is 17.4 Å². The van der Waals surface area contributed by atoms with E-state index in [1.54, 1.807) is 0 Å². The summed E-state index contributed by atoms with van der Waals surface area (Å²) in [6.45, 7) is 8.58. The number of anilines is 1. The van der Waals surface area contributed by atoms with Gasteiger partial charge in [-0.05, 0) is 53.6 Å². The minimum atomic E-state index is 0. The molecule has 1 aliphatic heterocycles. The summed E-state index contributed by atoms with van der Waals surface area (Å²) >= 11 is 1.88. The van der Waals surface area contributed by atoms with E-state index >= 15 is 0 Å². The lowest BCUT2D eigenvalue weighted by Gasteiger charge is -2.23. The molecule has 39 heavy (non-hydrogen) atoms. The first-order chi connectivity index (χ1) is 18.6. The number of halogens is 1. The maximum atomic E-state index is 12.8. The van der Waals surface area contributed by atoms with Crippen LogP contribution in [-0.4, -0.2) is 23.3 Å². The summed E-state index contributed by atoms with van der Waals surface area (Å²) < 4.78 is 5.98. The Balaban J connectivity index is 0.00000533. The van der Waals surface area contributed by atoms with Crippen LogP contribution in [0.3, 0.4) is 0 Å². The van der Waals surface area contributed by atoms with Crippen LogP contribution in [-0.2, 0) is 17.9 Å². The second kappa shape index (κ2) is 19.2. The second-order valence-electron chi connectivity index (χ2n) is 10.4. The lowest BCUT2D eigenvalue weighted by atomic mass is 10.1. The Bertz CT molecular complexity index is 978. The van der Waals surface area contributed by atoms with Crippen LogP contribution >= 0.6 is 28.7 Å². The van der Waals surface area contributed by atoms with Gasteiger partial charge in [0.2, 0.25) is 5.91 Å². The molecule has 0 radical (unpaired) electrons. The molecule has 0 unspecified atom stereocenters. The summed E-state index contributed by atoms with van der Waals surface area (Å²) in [5.41, 5.74) is 3.31. The molecule has 0 saturated heterocycles. The van der Waals surface area contributed by atoms with E-state index in [0.29, 0.717) is 13.0 Å². The Hall–Kier alpha value is -1.92. The molecule has 1 amide bonds. The van der Waals surface area contributed by atoms with Crippen molar-refractivity contribution in [2.24, 2.45) is 0 Å². The molecule has 3 rings (SSSR count). The van der Waals surface area contributed by atoms with Crippen molar-refractivity contribution >= 4 is 40.3 Å². The highest BCUT2D eigenvalue weighted by Crippen LogP contribution is 2.27. The van der Waals surface area contributed by atoms with Crippen molar-refractivity contribution < 1.29 is 9.53 Å². The number of carbonyl (C=O) groups is 1. The number of rotatable bonds is 18. The Morgan fingerprint density at radius 2 is 1.44 bits per heavy atom. The zero-order chi connectivity index (χ0) is 27.0. The highest BCUT2D eigenvalue weighted by Gasteiger charge is 2.16. The summed E-state index contributed by atoms with van der Waals surface area (Å²) in [5.74, 6) is 2.05. The minimum absolute atomic E-state index is 0. The van der Waals surface area contributed by atoms with E-state index < -0.39 is 0 Å². The molecule has 0 aromatic heterocycles. The van der Waals surface area contributed by atoms with Crippen LogP contribution in [0.2, 0.25) is 0 Å². The molecule has 0 bridgehead atoms. The molecule has 6 heteroatoms. The molecular weight excluding hydrogens is 568 g/mol. The van der Waals surface area contributed by atoms with E-state index in [9.17, 15) is 4.79 Å². The maximum absolute atomic E-state index is 12.8. The third-order valence-electron chi connectivity index (χ3n) is 7.09. The van der Waals surface area contributed by atoms with Gasteiger partial charge >= 0.3 is 0 Å². The number of carbonyl (C=O) groups excluding carboxylic acids is 1. The predicted octanol–water partition coefficient (Wildman–Crippen LogP) is 9.87. The topological polar surface area (TPSA) is 32.8 Å². The summed E-state index contributed by atoms with van der Waals surface area (Å²) in [4.78, 5) is 18.4. The minimum Gasteiger partial charge on any atom is -0.494 e. The first-order valence-electron chi connectivity index (χ1n) is 14.8. The molecule has 0 aliphatic carbocycles. The Morgan fingerprint density at radius 1 is 0.846 bits per heavy atom. The number of nitrogens with zero attached hydrogens (tertiary/aromatic N) is 2. The number of hydrogen-bond acceptors (Lipinski definition) is 4. The lowest BCUT2D eigenvalue weighted by Crippen LogP contribution is -2.29. The number of amides is 1. The van der Waals surface area contributed by atoms with Gasteiger partial charge in [0.05, 0.1) is 19.0 Å². The Labute approximate surface area is 252 Å². The summed E-state index contributed by atoms with van der Waals surface area (Å²) in [6, 6.07) is 16.7. The summed E-state index contributed by atoms with van der Waals surface area (Å²) in [6.07, 6.45) is 16.0. The van der Waals surface area contributed by atoms with Crippen LogP contribution in [0.4, 0.5) is 5.69 Å². The van der Waals surface area contributed by atoms with Crippen LogP contribution in [0.15, 0.2) is 59.6 Å². The van der Waals surface area contributed by atoms with Gasteiger partial charge in [-0.3, -0.25) is 4.79 Å². The predicted molar refractivity (Wildman–Crippen MR) is 174 cm³/mol. The molecule has 216 valence electrons. The Kier molecular flexibility index (Phi) is 16.4. The summed E-state index contributed by atoms with van der Waals surface area (Å²) in [7, 11) is 0. The van der Waals surface area contributed by atoms with Gasteiger partial charge in [-0.15, -0.1) is 28.7 Å². The van der Waals surface area contributed by atoms with Gasteiger partial charge in [-0.1, -0.05) is 95.9 Å². The first-order valence-corrected chi connectivity index (χ1v) is 15.7. The molecule has 0 fully saturated rings. The number of thioether (sulfide) groups is 1. The van der Waals surface area contributed by atoms with Gasteiger partial charge in [0, 0.05) is 24.9 Å². The van der Waals surface area contributed by atoms with Crippen LogP contribution in [0.25, 0.3) is 0 Å². The molecular formula is C33H49BrN2O2S. The molecule has 0 atom stereocenters. The van der Waals surface area contributed by atoms with Crippen LogP contribution in [0, 0.1) is 0 Å². The molecule has 4 nitrogen and oxygen atoms in total. The summed E-state index contributed by atoms with van der Waals surface area (Å²) in [5, 5.41) is 0. The highest BCUT2D eigenvalue weighted by molar-refractivity contribution is 8.93. The van der Waals surface area contributed by atoms with E-state index in [-0.39, 0.29) is 22.9 Å². The van der Waals surface area contributed by atoms with E-state index in [1.807, 2.05) is 35.7 Å². The quantitative estimate of drug-likeness (QED) is 0.156. The number of benzene rings is 2. The molecule has 2 aromatic carbocycles. The van der Waals surface area contributed by atoms with Crippen LogP contribution < -0.4 is 9.64 Å². The molecule has 0 N–H and O–H groups in total. The molecule has 2 aromatic rings. The van der Waals surface area contributed by atoms with Crippen molar-refractivity contribution in [1.82, 2.24) is 4.90 Å². The van der Waals surface area contributed by atoms with Gasteiger partial charge in [-0.2, -0.15) is 0 Å². The van der Waals surface area contributed by atoms with Crippen molar-refractivity contribution in [3.63, 3.8) is 0 Å². The van der Waals surface area contributed by atoms with Gasteiger partial charge in [-0.25, -0.2) is 0 Å². The lowest BCUT2D eigenvalue weighted by molar-refractivity contribution is -0.118. The third kappa shape index (κ3) is 12.4.